The molecule has 0 amide bonds. The lowest BCUT2D eigenvalue weighted by Crippen LogP contribution is -2.47. The van der Waals surface area contributed by atoms with E-state index in [-0.39, 0.29) is 5.57 Å². The summed E-state index contributed by atoms with van der Waals surface area (Å²) in [6.45, 7) is 3.76. The third kappa shape index (κ3) is 3.83. The monoisotopic (exact) mass is 444 g/mol. The normalized spacial score (nSPS) is 21.5. The molecule has 0 aliphatic heterocycles. The van der Waals surface area contributed by atoms with Crippen LogP contribution in [0.25, 0.3) is 0 Å². The van der Waals surface area contributed by atoms with Gasteiger partial charge in [0, 0.05) is 5.92 Å². The van der Waals surface area contributed by atoms with Crippen molar-refractivity contribution in [1.82, 2.24) is 0 Å². The van der Waals surface area contributed by atoms with E-state index in [9.17, 15) is 25.2 Å². The molecular weight excluding hydrogens is 420 g/mol. The summed E-state index contributed by atoms with van der Waals surface area (Å²) in [5.74, 6) is -6.09. The van der Waals surface area contributed by atoms with Gasteiger partial charge in [-0.1, -0.05) is 59.7 Å². The molecule has 1 aliphatic rings. The van der Waals surface area contributed by atoms with Crippen LogP contribution < -0.4 is 0 Å². The number of carbonyl (C=O) groups is 2. The zero-order chi connectivity index (χ0) is 24.3. The molecule has 0 aromatic heterocycles. The predicted octanol–water partition coefficient (Wildman–Crippen LogP) is 3.99. The van der Waals surface area contributed by atoms with E-state index in [1.807, 2.05) is 13.8 Å². The summed E-state index contributed by atoms with van der Waals surface area (Å²) in [4.78, 5) is 25.8. The highest BCUT2D eigenvalue weighted by Crippen LogP contribution is 2.58. The summed E-state index contributed by atoms with van der Waals surface area (Å²) >= 11 is 0. The van der Waals surface area contributed by atoms with Crippen LogP contribution in [0.1, 0.15) is 34.1 Å². The number of rotatable bonds is 4. The van der Waals surface area contributed by atoms with Crippen molar-refractivity contribution in [3.05, 3.63) is 82.1 Å². The minimum absolute atomic E-state index is 0.303. The van der Waals surface area contributed by atoms with Gasteiger partial charge in [0.2, 0.25) is 0 Å². The fraction of sp³-hybridized carbons (Fsp3) is 0.308. The average Bonchev–Trinajstić information content (AvgIpc) is 2.83. The van der Waals surface area contributed by atoms with E-state index in [0.717, 1.165) is 25.3 Å². The van der Waals surface area contributed by atoms with E-state index in [4.69, 9.17) is 9.47 Å². The van der Waals surface area contributed by atoms with Crippen LogP contribution in [0.15, 0.2) is 59.9 Å². The number of aryl methyl sites for hydroxylation is 2. The number of ether oxygens (including phenoxy) is 2. The number of aliphatic hydroxyl groups excluding tert-OH is 1. The van der Waals surface area contributed by atoms with Crippen LogP contribution in [0, 0.1) is 47.8 Å². The molecule has 0 heterocycles. The molecule has 2 aromatic carbocycles. The SMILES string of the molecule is COC(=O)C1=C(O)[C@H](C(=O)OC)[C@H](c2ccc(C)cc2)C(C#N)(C#N)[C@@H]1c1ccc(C)cc1. The summed E-state index contributed by atoms with van der Waals surface area (Å²) in [5.41, 5.74) is 0.600. The van der Waals surface area contributed by atoms with Gasteiger partial charge in [0.05, 0.1) is 37.8 Å². The summed E-state index contributed by atoms with van der Waals surface area (Å²) in [6.07, 6.45) is 0. The van der Waals surface area contributed by atoms with Crippen molar-refractivity contribution < 1.29 is 24.2 Å². The molecular formula is C26H24N2O5. The van der Waals surface area contributed by atoms with Gasteiger partial charge in [0.15, 0.2) is 5.41 Å². The van der Waals surface area contributed by atoms with E-state index >= 15 is 0 Å². The molecule has 1 aliphatic carbocycles. The molecule has 0 fully saturated rings. The lowest BCUT2D eigenvalue weighted by atomic mass is 9.54. The van der Waals surface area contributed by atoms with Gasteiger partial charge in [-0.2, -0.15) is 10.5 Å². The second kappa shape index (κ2) is 9.18. The Bertz CT molecular complexity index is 1170. The van der Waals surface area contributed by atoms with Crippen LogP contribution in [0.3, 0.4) is 0 Å². The Labute approximate surface area is 192 Å². The number of esters is 2. The third-order valence-electron chi connectivity index (χ3n) is 6.22. The average molecular weight is 444 g/mol. The highest BCUT2D eigenvalue weighted by molar-refractivity contribution is 5.94. The van der Waals surface area contributed by atoms with Gasteiger partial charge in [-0.05, 0) is 25.0 Å². The van der Waals surface area contributed by atoms with E-state index in [1.54, 1.807) is 48.5 Å². The fourth-order valence-corrected chi connectivity index (χ4v) is 4.56. The summed E-state index contributed by atoms with van der Waals surface area (Å²) in [6, 6.07) is 18.2. The van der Waals surface area contributed by atoms with Crippen molar-refractivity contribution in [2.45, 2.75) is 25.7 Å². The van der Waals surface area contributed by atoms with Crippen molar-refractivity contribution in [3.8, 4) is 12.1 Å². The largest absolute Gasteiger partial charge is 0.511 e. The first-order valence-electron chi connectivity index (χ1n) is 10.3. The van der Waals surface area contributed by atoms with Crippen molar-refractivity contribution in [3.63, 3.8) is 0 Å². The number of hydrogen-bond acceptors (Lipinski definition) is 7. The molecule has 33 heavy (non-hydrogen) atoms. The second-order valence-corrected chi connectivity index (χ2v) is 8.12. The second-order valence-electron chi connectivity index (χ2n) is 8.12. The van der Waals surface area contributed by atoms with E-state index in [2.05, 4.69) is 12.1 Å². The van der Waals surface area contributed by atoms with Gasteiger partial charge in [-0.15, -0.1) is 0 Å². The van der Waals surface area contributed by atoms with Crippen molar-refractivity contribution in [1.29, 1.82) is 10.5 Å². The molecule has 0 radical (unpaired) electrons. The molecule has 0 unspecified atom stereocenters. The maximum Gasteiger partial charge on any atom is 0.337 e. The minimum Gasteiger partial charge on any atom is -0.511 e. The molecule has 0 saturated heterocycles. The Morgan fingerprint density at radius 3 is 1.79 bits per heavy atom. The number of methoxy groups -OCH3 is 2. The van der Waals surface area contributed by atoms with E-state index < -0.39 is 40.9 Å². The molecule has 0 bridgehead atoms. The number of benzene rings is 2. The topological polar surface area (TPSA) is 120 Å². The number of aliphatic hydroxyl groups is 1. The first-order chi connectivity index (χ1) is 15.7. The lowest BCUT2D eigenvalue weighted by molar-refractivity contribution is -0.147. The van der Waals surface area contributed by atoms with Gasteiger partial charge >= 0.3 is 11.9 Å². The highest BCUT2D eigenvalue weighted by Gasteiger charge is 2.61. The van der Waals surface area contributed by atoms with Crippen LogP contribution in [-0.4, -0.2) is 31.3 Å². The maximum absolute atomic E-state index is 12.9. The van der Waals surface area contributed by atoms with Crippen LogP contribution in [0.5, 0.6) is 0 Å². The van der Waals surface area contributed by atoms with Crippen molar-refractivity contribution >= 4 is 11.9 Å². The predicted molar refractivity (Wildman–Crippen MR) is 119 cm³/mol. The lowest BCUT2D eigenvalue weighted by Gasteiger charge is -2.44. The van der Waals surface area contributed by atoms with Crippen LogP contribution in [-0.2, 0) is 19.1 Å². The number of nitriles is 2. The van der Waals surface area contributed by atoms with Crippen LogP contribution in [0.4, 0.5) is 0 Å². The molecule has 3 atom stereocenters. The van der Waals surface area contributed by atoms with Gasteiger partial charge in [-0.25, -0.2) is 4.79 Å². The summed E-state index contributed by atoms with van der Waals surface area (Å²) in [7, 11) is 2.28. The third-order valence-corrected chi connectivity index (χ3v) is 6.22. The Morgan fingerprint density at radius 2 is 1.36 bits per heavy atom. The first kappa shape index (κ1) is 23.6. The molecule has 0 saturated carbocycles. The van der Waals surface area contributed by atoms with Gasteiger partial charge in [0.25, 0.3) is 0 Å². The van der Waals surface area contributed by atoms with Gasteiger partial charge in [-0.3, -0.25) is 4.79 Å². The molecule has 1 N–H and O–H groups in total. The van der Waals surface area contributed by atoms with Gasteiger partial charge < -0.3 is 14.6 Å². The van der Waals surface area contributed by atoms with Crippen LogP contribution >= 0.6 is 0 Å². The number of hydrogen-bond donors (Lipinski definition) is 1. The van der Waals surface area contributed by atoms with Crippen molar-refractivity contribution in [2.24, 2.45) is 11.3 Å². The summed E-state index contributed by atoms with van der Waals surface area (Å²) in [5, 5.41) is 32.2. The van der Waals surface area contributed by atoms with E-state index in [1.165, 1.54) is 0 Å². The van der Waals surface area contributed by atoms with Crippen molar-refractivity contribution in [2.75, 3.05) is 14.2 Å². The Balaban J connectivity index is 2.47. The molecule has 0 spiro atoms. The molecule has 7 nitrogen and oxygen atoms in total. The zero-order valence-corrected chi connectivity index (χ0v) is 18.8. The van der Waals surface area contributed by atoms with Gasteiger partial charge in [0.1, 0.15) is 11.7 Å². The summed E-state index contributed by atoms with van der Waals surface area (Å²) < 4.78 is 9.84. The standard InChI is InChI=1S/C26H24N2O5/c1-15-5-9-17(10-6-15)21-19(24(30)32-3)23(29)20(25(31)33-4)22(26(21,13-27)14-28)18-11-7-16(2)8-12-18/h5-12,19,21-22,29H,1-4H3/t19-,21+,22-/m1/s1. The smallest absolute Gasteiger partial charge is 0.337 e. The fourth-order valence-electron chi connectivity index (χ4n) is 4.56. The maximum atomic E-state index is 12.9. The Morgan fingerprint density at radius 1 is 0.879 bits per heavy atom. The minimum atomic E-state index is -1.93. The highest BCUT2D eigenvalue weighted by atomic mass is 16.5. The Hall–Kier alpha value is -4.10. The molecule has 7 heteroatoms. The first-order valence-corrected chi connectivity index (χ1v) is 10.3. The molecule has 2 aromatic rings. The molecule has 168 valence electrons. The molecule has 3 rings (SSSR count). The van der Waals surface area contributed by atoms with E-state index in [0.29, 0.717) is 11.1 Å². The number of nitrogens with zero attached hydrogens (tertiary/aromatic N) is 2. The Kier molecular flexibility index (Phi) is 6.55. The zero-order valence-electron chi connectivity index (χ0n) is 18.8. The quantitative estimate of drug-likeness (QED) is 0.708. The number of carbonyl (C=O) groups excluding carboxylic acids is 2. The van der Waals surface area contributed by atoms with Crippen LogP contribution in [0.2, 0.25) is 0 Å².